The number of nitrogens with zero attached hydrogens (tertiary/aromatic N) is 2. The van der Waals surface area contributed by atoms with Crippen LogP contribution in [0.5, 0.6) is 5.88 Å². The van der Waals surface area contributed by atoms with Crippen molar-refractivity contribution in [2.24, 2.45) is 5.84 Å². The third kappa shape index (κ3) is 3.30. The highest BCUT2D eigenvalue weighted by Gasteiger charge is 2.11. The van der Waals surface area contributed by atoms with Gasteiger partial charge in [0.05, 0.1) is 12.8 Å². The van der Waals surface area contributed by atoms with Gasteiger partial charge in [-0.1, -0.05) is 0 Å². The molecule has 1 aromatic heterocycles. The van der Waals surface area contributed by atoms with Gasteiger partial charge in [-0.05, 0) is 6.92 Å². The number of aromatic nitrogens is 2. The van der Waals surface area contributed by atoms with Crippen molar-refractivity contribution in [3.05, 3.63) is 12.0 Å². The summed E-state index contributed by atoms with van der Waals surface area (Å²) >= 11 is 0. The summed E-state index contributed by atoms with van der Waals surface area (Å²) in [5, 5.41) is 0. The zero-order chi connectivity index (χ0) is 11.3. The predicted octanol–water partition coefficient (Wildman–Crippen LogP) is 0.315. The van der Waals surface area contributed by atoms with Crippen molar-refractivity contribution < 1.29 is 13.9 Å². The van der Waals surface area contributed by atoms with E-state index in [0.717, 1.165) is 6.20 Å². The van der Waals surface area contributed by atoms with Crippen LogP contribution >= 0.6 is 0 Å². The van der Waals surface area contributed by atoms with Gasteiger partial charge < -0.3 is 9.47 Å². The van der Waals surface area contributed by atoms with E-state index in [1.54, 1.807) is 6.92 Å². The van der Waals surface area contributed by atoms with E-state index in [9.17, 15) is 4.39 Å². The fourth-order valence-electron chi connectivity index (χ4n) is 0.963. The van der Waals surface area contributed by atoms with Crippen LogP contribution in [0.2, 0.25) is 0 Å². The first-order valence-corrected chi connectivity index (χ1v) is 4.32. The van der Waals surface area contributed by atoms with E-state index in [0.29, 0.717) is 6.61 Å². The monoisotopic (exact) mass is 216 g/mol. The van der Waals surface area contributed by atoms with Gasteiger partial charge in [0.1, 0.15) is 6.10 Å². The Morgan fingerprint density at radius 3 is 3.00 bits per heavy atom. The molecular formula is C8H13FN4O2. The van der Waals surface area contributed by atoms with Gasteiger partial charge in [-0.15, -0.1) is 0 Å². The Morgan fingerprint density at radius 2 is 2.40 bits per heavy atom. The molecule has 0 aliphatic carbocycles. The van der Waals surface area contributed by atoms with Gasteiger partial charge in [0.15, 0.2) is 0 Å². The van der Waals surface area contributed by atoms with E-state index in [4.69, 9.17) is 15.3 Å². The average molecular weight is 216 g/mol. The second-order valence-electron chi connectivity index (χ2n) is 2.87. The Morgan fingerprint density at radius 1 is 1.67 bits per heavy atom. The number of hydrogen-bond donors (Lipinski definition) is 2. The highest BCUT2D eigenvalue weighted by atomic mass is 19.1. The molecular weight excluding hydrogens is 203 g/mol. The van der Waals surface area contributed by atoms with E-state index < -0.39 is 5.82 Å². The zero-order valence-corrected chi connectivity index (χ0v) is 8.53. The number of anilines is 1. The lowest BCUT2D eigenvalue weighted by Gasteiger charge is -2.13. The molecule has 1 unspecified atom stereocenters. The summed E-state index contributed by atoms with van der Waals surface area (Å²) in [6.07, 6.45) is 0.682. The van der Waals surface area contributed by atoms with Crippen molar-refractivity contribution in [2.45, 2.75) is 13.0 Å². The molecule has 1 rings (SSSR count). The lowest BCUT2D eigenvalue weighted by atomic mass is 10.4. The van der Waals surface area contributed by atoms with E-state index in [1.165, 1.54) is 7.11 Å². The van der Waals surface area contributed by atoms with Gasteiger partial charge in [-0.3, -0.25) is 5.43 Å². The van der Waals surface area contributed by atoms with E-state index in [1.807, 2.05) is 0 Å². The fraction of sp³-hybridized carbons (Fsp3) is 0.500. The topological polar surface area (TPSA) is 82.3 Å². The first-order chi connectivity index (χ1) is 7.17. The number of hydrogen-bond acceptors (Lipinski definition) is 6. The number of halogens is 1. The van der Waals surface area contributed by atoms with Crippen LogP contribution in [-0.4, -0.2) is 29.8 Å². The predicted molar refractivity (Wildman–Crippen MR) is 51.8 cm³/mol. The maximum Gasteiger partial charge on any atom is 0.255 e. The second-order valence-corrected chi connectivity index (χ2v) is 2.87. The van der Waals surface area contributed by atoms with Crippen LogP contribution in [0, 0.1) is 5.82 Å². The molecule has 3 N–H and O–H groups in total. The molecule has 0 aromatic carbocycles. The minimum absolute atomic E-state index is 0.0935. The van der Waals surface area contributed by atoms with Crippen molar-refractivity contribution in [3.8, 4) is 5.88 Å². The van der Waals surface area contributed by atoms with Crippen LogP contribution in [0.4, 0.5) is 10.3 Å². The van der Waals surface area contributed by atoms with Gasteiger partial charge in [0.25, 0.3) is 5.88 Å². The van der Waals surface area contributed by atoms with Crippen molar-refractivity contribution in [1.82, 2.24) is 9.97 Å². The van der Waals surface area contributed by atoms with Gasteiger partial charge in [-0.25, -0.2) is 10.8 Å². The molecule has 0 bridgehead atoms. The maximum atomic E-state index is 13.1. The Labute approximate surface area is 86.6 Å². The zero-order valence-electron chi connectivity index (χ0n) is 8.53. The van der Waals surface area contributed by atoms with Gasteiger partial charge in [0.2, 0.25) is 11.8 Å². The smallest absolute Gasteiger partial charge is 0.255 e. The largest absolute Gasteiger partial charge is 0.470 e. The highest BCUT2D eigenvalue weighted by Crippen LogP contribution is 2.15. The molecule has 1 atom stereocenters. The number of nitrogens with one attached hydrogen (secondary N) is 1. The van der Waals surface area contributed by atoms with Crippen LogP contribution in [0.25, 0.3) is 0 Å². The standard InChI is InChI=1S/C8H13FN4O2/c1-5(4-14-2)15-7-6(9)3-11-8(12-7)13-10/h3,5H,4,10H2,1-2H3,(H,11,12,13). The third-order valence-electron chi connectivity index (χ3n) is 1.56. The molecule has 0 aliphatic heterocycles. The van der Waals surface area contributed by atoms with Crippen LogP contribution < -0.4 is 16.0 Å². The number of rotatable bonds is 5. The summed E-state index contributed by atoms with van der Waals surface area (Å²) in [7, 11) is 1.53. The Bertz CT molecular complexity index is 324. The first kappa shape index (κ1) is 11.6. The number of nitrogen functional groups attached to an aromatic ring is 1. The quantitative estimate of drug-likeness (QED) is 0.544. The lowest BCUT2D eigenvalue weighted by Crippen LogP contribution is -2.20. The number of nitrogens with two attached hydrogens (primary N) is 1. The molecule has 1 heterocycles. The molecule has 7 heteroatoms. The van der Waals surface area contributed by atoms with E-state index >= 15 is 0 Å². The van der Waals surface area contributed by atoms with E-state index in [-0.39, 0.29) is 17.9 Å². The van der Waals surface area contributed by atoms with Gasteiger partial charge >= 0.3 is 0 Å². The fourth-order valence-corrected chi connectivity index (χ4v) is 0.963. The normalized spacial score (nSPS) is 12.3. The van der Waals surface area contributed by atoms with Crippen LogP contribution in [0.3, 0.4) is 0 Å². The molecule has 0 saturated carbocycles. The minimum Gasteiger partial charge on any atom is -0.470 e. The number of methoxy groups -OCH3 is 1. The Hall–Kier alpha value is -1.47. The van der Waals surface area contributed by atoms with Crippen LogP contribution in [0.1, 0.15) is 6.92 Å². The molecule has 84 valence electrons. The summed E-state index contributed by atoms with van der Waals surface area (Å²) < 4.78 is 23.2. The lowest BCUT2D eigenvalue weighted by molar-refractivity contribution is 0.0858. The maximum absolute atomic E-state index is 13.1. The summed E-state index contributed by atoms with van der Waals surface area (Å²) in [6, 6.07) is 0. The molecule has 0 spiro atoms. The molecule has 0 aliphatic rings. The molecule has 6 nitrogen and oxygen atoms in total. The highest BCUT2D eigenvalue weighted by molar-refractivity contribution is 5.26. The summed E-state index contributed by atoms with van der Waals surface area (Å²) in [6.45, 7) is 2.08. The molecule has 0 amide bonds. The second kappa shape index (κ2) is 5.42. The molecule has 0 saturated heterocycles. The van der Waals surface area contributed by atoms with Crippen molar-refractivity contribution >= 4 is 5.95 Å². The molecule has 0 radical (unpaired) electrons. The van der Waals surface area contributed by atoms with Crippen LogP contribution in [0.15, 0.2) is 6.20 Å². The average Bonchev–Trinajstić information content (AvgIpc) is 2.21. The molecule has 1 aromatic rings. The molecule has 0 fully saturated rings. The van der Waals surface area contributed by atoms with E-state index in [2.05, 4.69) is 15.4 Å². The summed E-state index contributed by atoms with van der Waals surface area (Å²) in [5.74, 6) is 4.38. The SMILES string of the molecule is COCC(C)Oc1nc(NN)ncc1F. The Balaban J connectivity index is 2.74. The first-order valence-electron chi connectivity index (χ1n) is 4.32. The van der Waals surface area contributed by atoms with Crippen LogP contribution in [-0.2, 0) is 4.74 Å². The Kier molecular flexibility index (Phi) is 4.19. The number of ether oxygens (including phenoxy) is 2. The van der Waals surface area contributed by atoms with Crippen molar-refractivity contribution in [3.63, 3.8) is 0 Å². The third-order valence-corrected chi connectivity index (χ3v) is 1.56. The van der Waals surface area contributed by atoms with Crippen molar-refractivity contribution in [2.75, 3.05) is 19.1 Å². The minimum atomic E-state index is -0.642. The summed E-state index contributed by atoms with van der Waals surface area (Å²) in [4.78, 5) is 7.29. The number of hydrazine groups is 1. The van der Waals surface area contributed by atoms with Gasteiger partial charge in [0, 0.05) is 7.11 Å². The summed E-state index contributed by atoms with van der Waals surface area (Å²) in [5.41, 5.74) is 2.20. The molecule has 15 heavy (non-hydrogen) atoms. The van der Waals surface area contributed by atoms with Crippen molar-refractivity contribution in [1.29, 1.82) is 0 Å². The van der Waals surface area contributed by atoms with Gasteiger partial charge in [-0.2, -0.15) is 9.37 Å².